The van der Waals surface area contributed by atoms with Gasteiger partial charge in [0, 0.05) is 38.6 Å². The molecule has 1 saturated heterocycles. The maximum atomic E-state index is 13.1. The Morgan fingerprint density at radius 2 is 2.11 bits per heavy atom. The Morgan fingerprint density at radius 3 is 2.85 bits per heavy atom. The van der Waals surface area contributed by atoms with Crippen LogP contribution in [0.2, 0.25) is 0 Å². The van der Waals surface area contributed by atoms with E-state index in [2.05, 4.69) is 9.97 Å². The average molecular weight is 386 g/mol. The third-order valence-corrected chi connectivity index (χ3v) is 6.63. The van der Waals surface area contributed by atoms with E-state index in [0.717, 1.165) is 36.6 Å². The minimum atomic E-state index is -3.65. The summed E-state index contributed by atoms with van der Waals surface area (Å²) < 4.78 is 31.2. The van der Waals surface area contributed by atoms with Gasteiger partial charge in [-0.1, -0.05) is 13.0 Å². The number of rotatable bonds is 5. The molecule has 1 fully saturated rings. The van der Waals surface area contributed by atoms with Crippen LogP contribution in [0.1, 0.15) is 37.3 Å². The van der Waals surface area contributed by atoms with Crippen LogP contribution >= 0.6 is 0 Å². The van der Waals surface area contributed by atoms with Crippen molar-refractivity contribution in [3.63, 3.8) is 0 Å². The number of imidazole rings is 2. The van der Waals surface area contributed by atoms with Gasteiger partial charge in [-0.3, -0.25) is 4.57 Å². The van der Waals surface area contributed by atoms with Crippen LogP contribution in [0.15, 0.2) is 48.1 Å². The second-order valence-electron chi connectivity index (χ2n) is 6.64. The Hall–Kier alpha value is -2.52. The molecule has 0 radical (unpaired) electrons. The van der Waals surface area contributed by atoms with Crippen LogP contribution in [0.4, 0.5) is 0 Å². The zero-order valence-electron chi connectivity index (χ0n) is 15.4. The van der Waals surface area contributed by atoms with E-state index in [9.17, 15) is 8.42 Å². The van der Waals surface area contributed by atoms with Gasteiger partial charge in [-0.15, -0.1) is 0 Å². The number of aromatic nitrogens is 5. The van der Waals surface area contributed by atoms with Crippen molar-refractivity contribution in [1.29, 1.82) is 0 Å². The number of hydrogen-bond acceptors (Lipinski definition) is 5. The largest absolute Gasteiger partial charge is 0.339 e. The molecular weight excluding hydrogens is 364 g/mol. The molecule has 0 N–H and O–H groups in total. The first-order valence-electron chi connectivity index (χ1n) is 9.00. The van der Waals surface area contributed by atoms with Crippen LogP contribution in [-0.4, -0.2) is 43.4 Å². The molecule has 1 aliphatic rings. The summed E-state index contributed by atoms with van der Waals surface area (Å²) >= 11 is 0. The Balaban J connectivity index is 1.70. The number of hydrogen-bond donors (Lipinski definition) is 0. The number of pyridine rings is 1. The normalized spacial score (nSPS) is 18.2. The van der Waals surface area contributed by atoms with Gasteiger partial charge in [0.25, 0.3) is 10.0 Å². The van der Waals surface area contributed by atoms with Crippen LogP contribution in [0, 0.1) is 0 Å². The van der Waals surface area contributed by atoms with Gasteiger partial charge in [-0.2, -0.15) is 4.31 Å². The maximum absolute atomic E-state index is 13.1. The molecule has 0 aromatic carbocycles. The first-order chi connectivity index (χ1) is 13.0. The summed E-state index contributed by atoms with van der Waals surface area (Å²) in [7, 11) is -1.89. The van der Waals surface area contributed by atoms with Crippen molar-refractivity contribution < 1.29 is 8.42 Å². The molecule has 27 heavy (non-hydrogen) atoms. The standard InChI is InChI=1S/C18H22N6O2S/c1-3-16-19-9-11-23(16)17-8-4-6-14(21-17)15-7-5-10-24(15)27(25,26)18-12-22(2)13-20-18/h4,6,8-9,11-13,15H,3,5,7,10H2,1-2H3/t15-/m0/s1. The molecule has 3 aromatic heterocycles. The topological polar surface area (TPSA) is 85.9 Å². The molecule has 0 bridgehead atoms. The second-order valence-corrected chi connectivity index (χ2v) is 8.48. The lowest BCUT2D eigenvalue weighted by Gasteiger charge is -2.23. The highest BCUT2D eigenvalue weighted by Crippen LogP contribution is 2.35. The van der Waals surface area contributed by atoms with E-state index in [-0.39, 0.29) is 11.1 Å². The third-order valence-electron chi connectivity index (χ3n) is 4.84. The minimum Gasteiger partial charge on any atom is -0.339 e. The van der Waals surface area contributed by atoms with Gasteiger partial charge in [0.1, 0.15) is 11.6 Å². The molecule has 3 aromatic rings. The van der Waals surface area contributed by atoms with Crippen LogP contribution in [0.25, 0.3) is 5.82 Å². The van der Waals surface area contributed by atoms with Gasteiger partial charge in [0.05, 0.1) is 18.1 Å². The lowest BCUT2D eigenvalue weighted by molar-refractivity contribution is 0.388. The molecule has 4 rings (SSSR count). The smallest absolute Gasteiger partial charge is 0.262 e. The Morgan fingerprint density at radius 1 is 1.26 bits per heavy atom. The van der Waals surface area contributed by atoms with Crippen molar-refractivity contribution in [1.82, 2.24) is 28.4 Å². The molecule has 1 aliphatic heterocycles. The van der Waals surface area contributed by atoms with Crippen LogP contribution in [0.5, 0.6) is 0 Å². The van der Waals surface area contributed by atoms with Gasteiger partial charge in [-0.05, 0) is 25.0 Å². The molecule has 0 saturated carbocycles. The second kappa shape index (κ2) is 6.90. The van der Waals surface area contributed by atoms with Crippen LogP contribution in [-0.2, 0) is 23.5 Å². The summed E-state index contributed by atoms with van der Waals surface area (Å²) in [5.74, 6) is 1.67. The molecule has 0 amide bonds. The van der Waals surface area contributed by atoms with Gasteiger partial charge in [0.2, 0.25) is 0 Å². The molecule has 142 valence electrons. The fourth-order valence-electron chi connectivity index (χ4n) is 3.53. The fraction of sp³-hybridized carbons (Fsp3) is 0.389. The van der Waals surface area contributed by atoms with Crippen molar-refractivity contribution in [3.05, 3.63) is 54.6 Å². The van der Waals surface area contributed by atoms with Crippen molar-refractivity contribution in [2.45, 2.75) is 37.3 Å². The Bertz CT molecular complexity index is 1060. The highest BCUT2D eigenvalue weighted by Gasteiger charge is 2.38. The van der Waals surface area contributed by atoms with Gasteiger partial charge >= 0.3 is 0 Å². The van der Waals surface area contributed by atoms with E-state index < -0.39 is 10.0 Å². The van der Waals surface area contributed by atoms with E-state index in [1.165, 1.54) is 16.8 Å². The van der Waals surface area contributed by atoms with E-state index >= 15 is 0 Å². The van der Waals surface area contributed by atoms with E-state index in [1.54, 1.807) is 17.8 Å². The van der Waals surface area contributed by atoms with E-state index in [1.807, 2.05) is 35.9 Å². The number of sulfonamides is 1. The van der Waals surface area contributed by atoms with Gasteiger partial charge < -0.3 is 4.57 Å². The number of aryl methyl sites for hydroxylation is 2. The van der Waals surface area contributed by atoms with Gasteiger partial charge in [-0.25, -0.2) is 23.4 Å². The lowest BCUT2D eigenvalue weighted by Crippen LogP contribution is -2.31. The van der Waals surface area contributed by atoms with Crippen molar-refractivity contribution >= 4 is 10.0 Å². The monoisotopic (exact) mass is 386 g/mol. The van der Waals surface area contributed by atoms with Crippen LogP contribution < -0.4 is 0 Å². The molecule has 1 atom stereocenters. The molecule has 0 aliphatic carbocycles. The van der Waals surface area contributed by atoms with Crippen molar-refractivity contribution in [3.8, 4) is 5.82 Å². The maximum Gasteiger partial charge on any atom is 0.262 e. The van der Waals surface area contributed by atoms with Crippen molar-refractivity contribution in [2.75, 3.05) is 6.54 Å². The quantitative estimate of drug-likeness (QED) is 0.670. The van der Waals surface area contributed by atoms with Crippen molar-refractivity contribution in [2.24, 2.45) is 7.05 Å². The molecule has 0 unspecified atom stereocenters. The average Bonchev–Trinajstić information content (AvgIpc) is 3.41. The van der Waals surface area contributed by atoms with Gasteiger partial charge in [0.15, 0.2) is 5.03 Å². The Kier molecular flexibility index (Phi) is 4.56. The summed E-state index contributed by atoms with van der Waals surface area (Å²) in [5, 5.41) is 0.0796. The first kappa shape index (κ1) is 17.9. The minimum absolute atomic E-state index is 0.0796. The highest BCUT2D eigenvalue weighted by atomic mass is 32.2. The van der Waals surface area contributed by atoms with Crippen LogP contribution in [0.3, 0.4) is 0 Å². The SMILES string of the molecule is CCc1nccn1-c1cccc([C@@H]2CCCN2S(=O)(=O)c2cn(C)cn2)n1. The van der Waals surface area contributed by atoms with E-state index in [0.29, 0.717) is 6.54 Å². The Labute approximate surface area is 158 Å². The summed E-state index contributed by atoms with van der Waals surface area (Å²) in [5.41, 5.74) is 0.750. The summed E-state index contributed by atoms with van der Waals surface area (Å²) in [6.45, 7) is 2.52. The predicted octanol–water partition coefficient (Wildman–Crippen LogP) is 2.09. The highest BCUT2D eigenvalue weighted by molar-refractivity contribution is 7.89. The first-order valence-corrected chi connectivity index (χ1v) is 10.4. The fourth-order valence-corrected chi connectivity index (χ4v) is 5.17. The molecule has 0 spiro atoms. The predicted molar refractivity (Wildman–Crippen MR) is 99.8 cm³/mol. The molecule has 4 heterocycles. The molecule has 8 nitrogen and oxygen atoms in total. The zero-order chi connectivity index (χ0) is 19.0. The molecule has 9 heteroatoms. The number of nitrogens with zero attached hydrogens (tertiary/aromatic N) is 6. The summed E-state index contributed by atoms with van der Waals surface area (Å²) in [6, 6.07) is 5.44. The summed E-state index contributed by atoms with van der Waals surface area (Å²) in [6.07, 6.45) is 9.00. The van der Waals surface area contributed by atoms with E-state index in [4.69, 9.17) is 4.98 Å². The third kappa shape index (κ3) is 3.17. The molecular formula is C18H22N6O2S. The summed E-state index contributed by atoms with van der Waals surface area (Å²) in [4.78, 5) is 13.1. The zero-order valence-corrected chi connectivity index (χ0v) is 16.2. The lowest BCUT2D eigenvalue weighted by atomic mass is 10.1.